The van der Waals surface area contributed by atoms with Crippen LogP contribution in [0.3, 0.4) is 0 Å². The highest BCUT2D eigenvalue weighted by Gasteiger charge is 2.07. The van der Waals surface area contributed by atoms with Crippen molar-refractivity contribution in [3.05, 3.63) is 59.7 Å². The van der Waals surface area contributed by atoms with Crippen molar-refractivity contribution in [2.75, 3.05) is 5.32 Å². The molecular weight excluding hydrogens is 260 g/mol. The minimum Gasteiger partial charge on any atom is -0.381 e. The molecule has 0 aliphatic heterocycles. The molecule has 0 saturated heterocycles. The van der Waals surface area contributed by atoms with E-state index in [0.717, 1.165) is 11.3 Å². The predicted octanol–water partition coefficient (Wildman–Crippen LogP) is 2.25. The summed E-state index contributed by atoms with van der Waals surface area (Å²) in [4.78, 5) is 0.112. The van der Waals surface area contributed by atoms with E-state index < -0.39 is 10.0 Å². The Balaban J connectivity index is 2.10. The first-order valence-electron chi connectivity index (χ1n) is 5.87. The van der Waals surface area contributed by atoms with Gasteiger partial charge in [-0.25, -0.2) is 13.6 Å². The van der Waals surface area contributed by atoms with Gasteiger partial charge >= 0.3 is 0 Å². The van der Waals surface area contributed by atoms with E-state index >= 15 is 0 Å². The van der Waals surface area contributed by atoms with Crippen LogP contribution in [0.25, 0.3) is 0 Å². The number of hydrogen-bond acceptors (Lipinski definition) is 3. The van der Waals surface area contributed by atoms with Gasteiger partial charge in [0.2, 0.25) is 10.0 Å². The molecule has 0 aromatic heterocycles. The average Bonchev–Trinajstić information content (AvgIpc) is 2.37. The van der Waals surface area contributed by atoms with Crippen molar-refractivity contribution in [2.24, 2.45) is 5.14 Å². The summed E-state index contributed by atoms with van der Waals surface area (Å²) in [5.74, 6) is 0. The molecule has 4 nitrogen and oxygen atoms in total. The topological polar surface area (TPSA) is 72.2 Å². The van der Waals surface area contributed by atoms with Crippen LogP contribution in [0.4, 0.5) is 5.69 Å². The third-order valence-electron chi connectivity index (χ3n) is 2.78. The fraction of sp³-hybridized carbons (Fsp3) is 0.143. The molecule has 2 aromatic carbocycles. The molecule has 0 bridgehead atoms. The zero-order valence-electron chi connectivity index (χ0n) is 10.6. The fourth-order valence-corrected chi connectivity index (χ4v) is 2.25. The second-order valence-electron chi connectivity index (χ2n) is 4.41. The van der Waals surface area contributed by atoms with E-state index in [1.54, 1.807) is 6.07 Å². The van der Waals surface area contributed by atoms with Crippen molar-refractivity contribution in [3.8, 4) is 0 Å². The van der Waals surface area contributed by atoms with E-state index in [4.69, 9.17) is 5.14 Å². The Kier molecular flexibility index (Phi) is 3.87. The zero-order valence-corrected chi connectivity index (χ0v) is 11.4. The van der Waals surface area contributed by atoms with Crippen molar-refractivity contribution in [1.29, 1.82) is 0 Å². The van der Waals surface area contributed by atoms with Gasteiger partial charge in [-0.1, -0.05) is 35.9 Å². The minimum absolute atomic E-state index is 0.112. The van der Waals surface area contributed by atoms with E-state index in [2.05, 4.69) is 5.32 Å². The van der Waals surface area contributed by atoms with Gasteiger partial charge in [-0.2, -0.15) is 0 Å². The summed E-state index contributed by atoms with van der Waals surface area (Å²) in [7, 11) is -3.65. The summed E-state index contributed by atoms with van der Waals surface area (Å²) < 4.78 is 22.5. The Hall–Kier alpha value is -1.85. The molecule has 0 spiro atoms. The Labute approximate surface area is 113 Å². The maximum Gasteiger partial charge on any atom is 0.238 e. The summed E-state index contributed by atoms with van der Waals surface area (Å²) in [6, 6.07) is 14.6. The van der Waals surface area contributed by atoms with Crippen molar-refractivity contribution < 1.29 is 8.42 Å². The number of benzene rings is 2. The van der Waals surface area contributed by atoms with E-state index in [1.807, 2.05) is 37.3 Å². The standard InChI is InChI=1S/C14H16N2O2S/c1-11-5-7-12(8-6-11)10-16-13-3-2-4-14(9-13)19(15,17)18/h2-9,16H,10H2,1H3,(H2,15,17,18). The maximum atomic E-state index is 11.2. The molecule has 0 amide bonds. The molecule has 0 radical (unpaired) electrons. The monoisotopic (exact) mass is 276 g/mol. The predicted molar refractivity (Wildman–Crippen MR) is 76.3 cm³/mol. The van der Waals surface area contributed by atoms with Crippen LogP contribution in [0.5, 0.6) is 0 Å². The molecule has 100 valence electrons. The van der Waals surface area contributed by atoms with E-state index in [9.17, 15) is 8.42 Å². The summed E-state index contributed by atoms with van der Waals surface area (Å²) >= 11 is 0. The van der Waals surface area contributed by atoms with Gasteiger partial charge in [0.15, 0.2) is 0 Å². The molecule has 0 aliphatic rings. The first-order chi connectivity index (χ1) is 8.95. The number of nitrogens with one attached hydrogen (secondary N) is 1. The number of nitrogens with two attached hydrogens (primary N) is 1. The molecule has 3 N–H and O–H groups in total. The summed E-state index contributed by atoms with van der Waals surface area (Å²) in [5.41, 5.74) is 3.07. The Morgan fingerprint density at radius 1 is 1.11 bits per heavy atom. The molecule has 0 heterocycles. The molecular formula is C14H16N2O2S. The van der Waals surface area contributed by atoms with Crippen molar-refractivity contribution in [2.45, 2.75) is 18.4 Å². The Bertz CT molecular complexity index is 664. The zero-order chi connectivity index (χ0) is 13.9. The van der Waals surface area contributed by atoms with Gasteiger partial charge < -0.3 is 5.32 Å². The lowest BCUT2D eigenvalue weighted by atomic mass is 10.1. The Morgan fingerprint density at radius 3 is 2.42 bits per heavy atom. The van der Waals surface area contributed by atoms with Crippen LogP contribution in [0.15, 0.2) is 53.4 Å². The smallest absolute Gasteiger partial charge is 0.238 e. The van der Waals surface area contributed by atoms with Gasteiger partial charge in [0.1, 0.15) is 0 Å². The van der Waals surface area contributed by atoms with Gasteiger partial charge in [-0.15, -0.1) is 0 Å². The summed E-state index contributed by atoms with van der Waals surface area (Å²) in [5, 5.41) is 8.27. The lowest BCUT2D eigenvalue weighted by Crippen LogP contribution is -2.12. The number of aryl methyl sites for hydroxylation is 1. The highest BCUT2D eigenvalue weighted by Crippen LogP contribution is 2.15. The van der Waals surface area contributed by atoms with Gasteiger partial charge in [0, 0.05) is 12.2 Å². The molecule has 0 fully saturated rings. The molecule has 0 unspecified atom stereocenters. The number of sulfonamides is 1. The van der Waals surface area contributed by atoms with Crippen LogP contribution in [0.1, 0.15) is 11.1 Å². The molecule has 0 saturated carbocycles. The molecule has 5 heteroatoms. The highest BCUT2D eigenvalue weighted by atomic mass is 32.2. The lowest BCUT2D eigenvalue weighted by Gasteiger charge is -2.08. The maximum absolute atomic E-state index is 11.2. The van der Waals surface area contributed by atoms with E-state index in [0.29, 0.717) is 6.54 Å². The second-order valence-corrected chi connectivity index (χ2v) is 5.97. The third-order valence-corrected chi connectivity index (χ3v) is 3.69. The molecule has 2 rings (SSSR count). The number of hydrogen-bond donors (Lipinski definition) is 2. The van der Waals surface area contributed by atoms with Crippen LogP contribution >= 0.6 is 0 Å². The van der Waals surface area contributed by atoms with Crippen molar-refractivity contribution in [1.82, 2.24) is 0 Å². The molecule has 19 heavy (non-hydrogen) atoms. The SMILES string of the molecule is Cc1ccc(CNc2cccc(S(N)(=O)=O)c2)cc1. The van der Waals surface area contributed by atoms with Crippen LogP contribution in [-0.4, -0.2) is 8.42 Å². The van der Waals surface area contributed by atoms with Gasteiger partial charge in [0.25, 0.3) is 0 Å². The number of rotatable bonds is 4. The average molecular weight is 276 g/mol. The number of primary sulfonamides is 1. The largest absolute Gasteiger partial charge is 0.381 e. The minimum atomic E-state index is -3.65. The molecule has 0 aliphatic carbocycles. The third kappa shape index (κ3) is 3.81. The van der Waals surface area contributed by atoms with Crippen molar-refractivity contribution in [3.63, 3.8) is 0 Å². The lowest BCUT2D eigenvalue weighted by molar-refractivity contribution is 0.598. The van der Waals surface area contributed by atoms with Gasteiger partial charge in [0.05, 0.1) is 4.90 Å². The molecule has 0 atom stereocenters. The number of anilines is 1. The van der Waals surface area contributed by atoms with Crippen LogP contribution in [0, 0.1) is 6.92 Å². The normalized spacial score (nSPS) is 11.3. The first kappa shape index (κ1) is 13.6. The van der Waals surface area contributed by atoms with Crippen LogP contribution < -0.4 is 10.5 Å². The summed E-state index contributed by atoms with van der Waals surface area (Å²) in [6.45, 7) is 2.67. The van der Waals surface area contributed by atoms with E-state index in [1.165, 1.54) is 17.7 Å². The quantitative estimate of drug-likeness (QED) is 0.899. The summed E-state index contributed by atoms with van der Waals surface area (Å²) in [6.07, 6.45) is 0. The second kappa shape index (κ2) is 5.42. The van der Waals surface area contributed by atoms with E-state index in [-0.39, 0.29) is 4.90 Å². The van der Waals surface area contributed by atoms with Crippen molar-refractivity contribution >= 4 is 15.7 Å². The van der Waals surface area contributed by atoms with Gasteiger partial charge in [-0.05, 0) is 30.7 Å². The Morgan fingerprint density at radius 2 is 1.79 bits per heavy atom. The molecule has 2 aromatic rings. The van der Waals surface area contributed by atoms with Crippen LogP contribution in [0.2, 0.25) is 0 Å². The first-order valence-corrected chi connectivity index (χ1v) is 7.42. The highest BCUT2D eigenvalue weighted by molar-refractivity contribution is 7.89. The van der Waals surface area contributed by atoms with Gasteiger partial charge in [-0.3, -0.25) is 0 Å². The van der Waals surface area contributed by atoms with Crippen LogP contribution in [-0.2, 0) is 16.6 Å². The fourth-order valence-electron chi connectivity index (χ4n) is 1.69.